The molecule has 1 saturated heterocycles. The van der Waals surface area contributed by atoms with Gasteiger partial charge in [-0.1, -0.05) is 0 Å². The Labute approximate surface area is 101 Å². The smallest absolute Gasteiger partial charge is 0.422 e. The van der Waals surface area contributed by atoms with Crippen molar-refractivity contribution < 1.29 is 14.3 Å². The molecular formula is C11H21N3O3. The predicted molar refractivity (Wildman–Crippen MR) is 63.2 cm³/mol. The Kier molecular flexibility index (Phi) is 4.74. The highest BCUT2D eigenvalue weighted by molar-refractivity contribution is 5.76. The summed E-state index contributed by atoms with van der Waals surface area (Å²) in [5.74, 6) is 0.00555. The zero-order chi connectivity index (χ0) is 12.9. The largest absolute Gasteiger partial charge is 0.443 e. The van der Waals surface area contributed by atoms with E-state index in [1.54, 1.807) is 20.8 Å². The van der Waals surface area contributed by atoms with Crippen LogP contribution in [0.1, 0.15) is 40.0 Å². The molecule has 6 heteroatoms. The first-order valence-corrected chi connectivity index (χ1v) is 5.88. The average Bonchev–Trinajstić information content (AvgIpc) is 2.37. The molecule has 0 aromatic heterocycles. The van der Waals surface area contributed by atoms with Crippen LogP contribution in [0.4, 0.5) is 4.79 Å². The number of hydrogen-bond donors (Lipinski definition) is 3. The summed E-state index contributed by atoms with van der Waals surface area (Å²) in [6, 6.07) is -0.0370. The fourth-order valence-corrected chi connectivity index (χ4v) is 1.56. The minimum atomic E-state index is -0.526. The van der Waals surface area contributed by atoms with Gasteiger partial charge in [0.05, 0.1) is 0 Å². The number of carbonyl (C=O) groups is 2. The van der Waals surface area contributed by atoms with Gasteiger partial charge < -0.3 is 10.1 Å². The highest BCUT2D eigenvalue weighted by Crippen LogP contribution is 2.07. The number of amides is 2. The van der Waals surface area contributed by atoms with Gasteiger partial charge in [0.15, 0.2) is 0 Å². The van der Waals surface area contributed by atoms with Crippen LogP contribution in [0.2, 0.25) is 0 Å². The fourth-order valence-electron chi connectivity index (χ4n) is 1.56. The molecule has 1 aliphatic heterocycles. The molecule has 1 aliphatic rings. The molecule has 2 amide bonds. The number of rotatable bonds is 2. The van der Waals surface area contributed by atoms with E-state index >= 15 is 0 Å². The molecule has 0 spiro atoms. The zero-order valence-corrected chi connectivity index (χ0v) is 10.6. The van der Waals surface area contributed by atoms with Gasteiger partial charge >= 0.3 is 6.09 Å². The van der Waals surface area contributed by atoms with Crippen LogP contribution in [0.15, 0.2) is 0 Å². The second kappa shape index (κ2) is 5.86. The first-order chi connectivity index (χ1) is 7.87. The van der Waals surface area contributed by atoms with E-state index in [0.717, 1.165) is 12.8 Å². The lowest BCUT2D eigenvalue weighted by Crippen LogP contribution is -2.47. The molecule has 98 valence electrons. The summed E-state index contributed by atoms with van der Waals surface area (Å²) in [6.07, 6.45) is 1.59. The monoisotopic (exact) mass is 243 g/mol. The summed E-state index contributed by atoms with van der Waals surface area (Å²) in [6.45, 7) is 6.09. The maximum Gasteiger partial charge on any atom is 0.422 e. The van der Waals surface area contributed by atoms with Crippen molar-refractivity contribution in [3.63, 3.8) is 0 Å². The number of nitrogens with one attached hydrogen (secondary N) is 3. The predicted octanol–water partition coefficient (Wildman–Crippen LogP) is 0.684. The van der Waals surface area contributed by atoms with E-state index in [9.17, 15) is 9.59 Å². The lowest BCUT2D eigenvalue weighted by molar-refractivity contribution is -0.121. The van der Waals surface area contributed by atoms with Gasteiger partial charge in [-0.05, 0) is 33.6 Å². The highest BCUT2D eigenvalue weighted by atomic mass is 16.6. The van der Waals surface area contributed by atoms with Gasteiger partial charge in [-0.25, -0.2) is 10.2 Å². The molecule has 1 heterocycles. The van der Waals surface area contributed by atoms with Gasteiger partial charge in [0.1, 0.15) is 5.60 Å². The van der Waals surface area contributed by atoms with Crippen LogP contribution in [0.3, 0.4) is 0 Å². The van der Waals surface area contributed by atoms with Crippen molar-refractivity contribution >= 4 is 12.0 Å². The Hall–Kier alpha value is -1.30. The molecule has 1 fully saturated rings. The Morgan fingerprint density at radius 1 is 1.47 bits per heavy atom. The molecule has 0 aromatic rings. The summed E-state index contributed by atoms with van der Waals surface area (Å²) in [5.41, 5.74) is 4.77. The summed E-state index contributed by atoms with van der Waals surface area (Å²) in [7, 11) is 0. The third-order valence-corrected chi connectivity index (χ3v) is 2.26. The van der Waals surface area contributed by atoms with E-state index in [1.165, 1.54) is 0 Å². The normalized spacial score (nSPS) is 21.4. The Morgan fingerprint density at radius 2 is 2.18 bits per heavy atom. The number of carbonyl (C=O) groups excluding carboxylic acids is 2. The van der Waals surface area contributed by atoms with Gasteiger partial charge in [0.2, 0.25) is 5.91 Å². The van der Waals surface area contributed by atoms with Crippen molar-refractivity contribution in [2.45, 2.75) is 51.7 Å². The molecule has 0 saturated carbocycles. The SMILES string of the molecule is CC(C)(C)OC(=O)NNC1CCCNC(=O)C1. The van der Waals surface area contributed by atoms with Gasteiger partial charge in [0, 0.05) is 19.0 Å². The third-order valence-electron chi connectivity index (χ3n) is 2.26. The van der Waals surface area contributed by atoms with Gasteiger partial charge in [-0.15, -0.1) is 0 Å². The van der Waals surface area contributed by atoms with Gasteiger partial charge in [-0.2, -0.15) is 0 Å². The molecule has 0 bridgehead atoms. The lowest BCUT2D eigenvalue weighted by atomic mass is 10.1. The van der Waals surface area contributed by atoms with Crippen molar-refractivity contribution in [1.82, 2.24) is 16.2 Å². The molecule has 1 atom stereocenters. The Morgan fingerprint density at radius 3 is 2.82 bits per heavy atom. The van der Waals surface area contributed by atoms with Crippen LogP contribution >= 0.6 is 0 Å². The Bertz CT molecular complexity index is 286. The standard InChI is InChI=1S/C11H21N3O3/c1-11(2,3)17-10(16)14-13-8-5-4-6-12-9(15)7-8/h8,13H,4-7H2,1-3H3,(H,12,15)(H,14,16). The zero-order valence-electron chi connectivity index (χ0n) is 10.6. The molecule has 1 unspecified atom stereocenters. The molecule has 6 nitrogen and oxygen atoms in total. The minimum absolute atomic E-state index is 0.00555. The summed E-state index contributed by atoms with van der Waals surface area (Å²) >= 11 is 0. The maximum atomic E-state index is 11.4. The molecular weight excluding hydrogens is 222 g/mol. The van der Waals surface area contributed by atoms with E-state index in [1.807, 2.05) is 0 Å². The molecule has 17 heavy (non-hydrogen) atoms. The molecule has 0 aromatic carbocycles. The van der Waals surface area contributed by atoms with E-state index in [2.05, 4.69) is 16.2 Å². The van der Waals surface area contributed by atoms with Gasteiger partial charge in [0.25, 0.3) is 0 Å². The fraction of sp³-hybridized carbons (Fsp3) is 0.818. The molecule has 0 radical (unpaired) electrons. The van der Waals surface area contributed by atoms with E-state index in [-0.39, 0.29) is 11.9 Å². The number of hydrazine groups is 1. The molecule has 0 aliphatic carbocycles. The summed E-state index contributed by atoms with van der Waals surface area (Å²) < 4.78 is 5.07. The quantitative estimate of drug-likeness (QED) is 0.623. The van der Waals surface area contributed by atoms with Crippen molar-refractivity contribution in [3.8, 4) is 0 Å². The minimum Gasteiger partial charge on any atom is -0.443 e. The van der Waals surface area contributed by atoms with Crippen LogP contribution in [0, 0.1) is 0 Å². The van der Waals surface area contributed by atoms with Crippen molar-refractivity contribution in [1.29, 1.82) is 0 Å². The van der Waals surface area contributed by atoms with Crippen molar-refractivity contribution in [3.05, 3.63) is 0 Å². The average molecular weight is 243 g/mol. The third kappa shape index (κ3) is 6.11. The van der Waals surface area contributed by atoms with Gasteiger partial charge in [-0.3, -0.25) is 10.2 Å². The van der Waals surface area contributed by atoms with E-state index < -0.39 is 11.7 Å². The lowest BCUT2D eigenvalue weighted by Gasteiger charge is -2.21. The number of hydrogen-bond acceptors (Lipinski definition) is 4. The first-order valence-electron chi connectivity index (χ1n) is 5.88. The van der Waals surface area contributed by atoms with Crippen LogP contribution < -0.4 is 16.2 Å². The van der Waals surface area contributed by atoms with Crippen LogP contribution in [-0.4, -0.2) is 30.2 Å². The van der Waals surface area contributed by atoms with Crippen molar-refractivity contribution in [2.75, 3.05) is 6.54 Å². The highest BCUT2D eigenvalue weighted by Gasteiger charge is 2.20. The van der Waals surface area contributed by atoms with Crippen LogP contribution in [0.25, 0.3) is 0 Å². The maximum absolute atomic E-state index is 11.4. The van der Waals surface area contributed by atoms with Crippen LogP contribution in [-0.2, 0) is 9.53 Å². The first kappa shape index (κ1) is 13.8. The van der Waals surface area contributed by atoms with E-state index in [0.29, 0.717) is 13.0 Å². The summed E-state index contributed by atoms with van der Waals surface area (Å²) in [4.78, 5) is 22.6. The van der Waals surface area contributed by atoms with E-state index in [4.69, 9.17) is 4.74 Å². The second-order valence-electron chi connectivity index (χ2n) is 5.16. The molecule has 3 N–H and O–H groups in total. The summed E-state index contributed by atoms with van der Waals surface area (Å²) in [5, 5.41) is 2.78. The molecule has 1 rings (SSSR count). The number of ether oxygens (including phenoxy) is 1. The topological polar surface area (TPSA) is 79.5 Å². The second-order valence-corrected chi connectivity index (χ2v) is 5.16. The van der Waals surface area contributed by atoms with Crippen molar-refractivity contribution in [2.24, 2.45) is 0 Å². The Balaban J connectivity index is 2.29. The van der Waals surface area contributed by atoms with Crippen LogP contribution in [0.5, 0.6) is 0 Å².